The van der Waals surface area contributed by atoms with Gasteiger partial charge in [0, 0.05) is 24.1 Å². The zero-order chi connectivity index (χ0) is 14.0. The van der Waals surface area contributed by atoms with Gasteiger partial charge in [-0.3, -0.25) is 0 Å². The van der Waals surface area contributed by atoms with E-state index in [0.29, 0.717) is 18.4 Å². The molecule has 0 spiro atoms. The van der Waals surface area contributed by atoms with E-state index in [1.54, 1.807) is 11.3 Å². The van der Waals surface area contributed by atoms with E-state index in [0.717, 1.165) is 22.6 Å². The quantitative estimate of drug-likeness (QED) is 0.878. The van der Waals surface area contributed by atoms with Crippen molar-refractivity contribution >= 4 is 33.3 Å². The summed E-state index contributed by atoms with van der Waals surface area (Å²) in [4.78, 5) is 13.0. The Bertz CT molecular complexity index is 567. The summed E-state index contributed by atoms with van der Waals surface area (Å²) in [7, 11) is 0. The number of rotatable bonds is 5. The van der Waals surface area contributed by atoms with Crippen molar-refractivity contribution in [3.05, 3.63) is 10.9 Å². The second-order valence-corrected chi connectivity index (χ2v) is 6.08. The van der Waals surface area contributed by atoms with Crippen molar-refractivity contribution in [3.8, 4) is 0 Å². The molecule has 0 radical (unpaired) electrons. The van der Waals surface area contributed by atoms with Crippen LogP contribution in [0.5, 0.6) is 0 Å². The van der Waals surface area contributed by atoms with Crippen molar-refractivity contribution in [1.82, 2.24) is 9.97 Å². The molecule has 0 aliphatic heterocycles. The van der Waals surface area contributed by atoms with Crippen LogP contribution in [0.4, 0.5) is 11.8 Å². The first-order chi connectivity index (χ1) is 9.02. The van der Waals surface area contributed by atoms with Gasteiger partial charge >= 0.3 is 0 Å². The molecule has 5 nitrogen and oxygen atoms in total. The lowest BCUT2D eigenvalue weighted by Crippen LogP contribution is -2.33. The fourth-order valence-electron chi connectivity index (χ4n) is 2.11. The van der Waals surface area contributed by atoms with Gasteiger partial charge in [-0.2, -0.15) is 4.98 Å². The fraction of sp³-hybridized carbons (Fsp3) is 0.538. The average molecular weight is 280 g/mol. The van der Waals surface area contributed by atoms with E-state index in [1.807, 2.05) is 0 Å². The van der Waals surface area contributed by atoms with E-state index in [1.165, 1.54) is 4.88 Å². The lowest BCUT2D eigenvalue weighted by Gasteiger charge is -2.28. The summed E-state index contributed by atoms with van der Waals surface area (Å²) in [6.07, 6.45) is 0.715. The minimum absolute atomic E-state index is 0.176. The van der Waals surface area contributed by atoms with E-state index >= 15 is 0 Å². The lowest BCUT2D eigenvalue weighted by atomic mass is 10.2. The number of nitrogens with two attached hydrogens (primary N) is 1. The summed E-state index contributed by atoms with van der Waals surface area (Å²) in [6.45, 7) is 7.21. The number of fused-ring (bicyclic) bond motifs is 1. The van der Waals surface area contributed by atoms with Crippen LogP contribution in [0.1, 0.15) is 25.1 Å². The molecule has 0 unspecified atom stereocenters. The Morgan fingerprint density at radius 2 is 2.16 bits per heavy atom. The van der Waals surface area contributed by atoms with E-state index < -0.39 is 0 Å². The van der Waals surface area contributed by atoms with Crippen LogP contribution < -0.4 is 10.6 Å². The largest absolute Gasteiger partial charge is 0.396 e. The summed E-state index contributed by atoms with van der Waals surface area (Å²) >= 11 is 1.63. The van der Waals surface area contributed by atoms with Crippen molar-refractivity contribution in [2.24, 2.45) is 0 Å². The molecule has 0 amide bonds. The molecule has 0 aliphatic rings. The normalized spacial score (nSPS) is 11.4. The molecule has 3 N–H and O–H groups in total. The molecule has 2 aromatic rings. The van der Waals surface area contributed by atoms with Crippen molar-refractivity contribution in [2.75, 3.05) is 23.8 Å². The van der Waals surface area contributed by atoms with Gasteiger partial charge < -0.3 is 15.7 Å². The van der Waals surface area contributed by atoms with Crippen LogP contribution in [-0.2, 0) is 0 Å². The maximum absolute atomic E-state index is 9.03. The third kappa shape index (κ3) is 2.96. The molecule has 0 fully saturated rings. The Balaban J connectivity index is 2.51. The van der Waals surface area contributed by atoms with Crippen LogP contribution in [0.3, 0.4) is 0 Å². The predicted molar refractivity (Wildman–Crippen MR) is 80.7 cm³/mol. The number of aromatic nitrogens is 2. The minimum atomic E-state index is 0.176. The highest BCUT2D eigenvalue weighted by Gasteiger charge is 2.17. The van der Waals surface area contributed by atoms with E-state index in [9.17, 15) is 0 Å². The molecule has 19 heavy (non-hydrogen) atoms. The van der Waals surface area contributed by atoms with Crippen LogP contribution >= 0.6 is 11.3 Å². The highest BCUT2D eigenvalue weighted by Crippen LogP contribution is 2.32. The molecule has 0 bridgehead atoms. The molecule has 2 heterocycles. The SMILES string of the molecule is Cc1cc2c(N(CCCO)C(C)C)nc(N)nc2s1. The second kappa shape index (κ2) is 5.71. The number of nitrogens with zero attached hydrogens (tertiary/aromatic N) is 3. The van der Waals surface area contributed by atoms with Crippen LogP contribution in [0.15, 0.2) is 6.07 Å². The number of aliphatic hydroxyl groups is 1. The van der Waals surface area contributed by atoms with Crippen molar-refractivity contribution in [2.45, 2.75) is 33.2 Å². The topological polar surface area (TPSA) is 75.3 Å². The molecule has 0 saturated heterocycles. The third-order valence-electron chi connectivity index (χ3n) is 2.97. The van der Waals surface area contributed by atoms with Gasteiger partial charge in [-0.25, -0.2) is 4.98 Å². The molecule has 0 saturated carbocycles. The zero-order valence-electron chi connectivity index (χ0n) is 11.6. The zero-order valence-corrected chi connectivity index (χ0v) is 12.4. The second-order valence-electron chi connectivity index (χ2n) is 4.85. The summed E-state index contributed by atoms with van der Waals surface area (Å²) in [5.74, 6) is 1.18. The molecule has 104 valence electrons. The monoisotopic (exact) mass is 280 g/mol. The molecule has 0 atom stereocenters. The standard InChI is InChI=1S/C13H20N4OS/c1-8(2)17(5-4-6-18)11-10-7-9(3)19-12(10)16-13(14)15-11/h7-8,18H,4-6H2,1-3H3,(H2,14,15,16). The van der Waals surface area contributed by atoms with Gasteiger partial charge in [-0.05, 0) is 33.3 Å². The Labute approximate surface area is 117 Å². The third-order valence-corrected chi connectivity index (χ3v) is 3.91. The number of aryl methyl sites for hydroxylation is 1. The van der Waals surface area contributed by atoms with Crippen LogP contribution in [-0.4, -0.2) is 34.3 Å². The molecule has 2 aromatic heterocycles. The molecular formula is C13H20N4OS. The number of thiophene rings is 1. The number of nitrogen functional groups attached to an aromatic ring is 1. The Hall–Kier alpha value is -1.40. The first-order valence-electron chi connectivity index (χ1n) is 6.44. The maximum Gasteiger partial charge on any atom is 0.223 e. The smallest absolute Gasteiger partial charge is 0.223 e. The van der Waals surface area contributed by atoms with Crippen LogP contribution in [0.25, 0.3) is 10.2 Å². The highest BCUT2D eigenvalue weighted by molar-refractivity contribution is 7.18. The lowest BCUT2D eigenvalue weighted by molar-refractivity contribution is 0.288. The number of aliphatic hydroxyl groups excluding tert-OH is 1. The predicted octanol–water partition coefficient (Wildman–Crippen LogP) is 2.18. The van der Waals surface area contributed by atoms with Gasteiger partial charge in [0.1, 0.15) is 10.6 Å². The van der Waals surface area contributed by atoms with E-state index in [2.05, 4.69) is 41.7 Å². The maximum atomic E-state index is 9.03. The van der Waals surface area contributed by atoms with Gasteiger partial charge in [0.25, 0.3) is 0 Å². The molecule has 6 heteroatoms. The summed E-state index contributed by atoms with van der Waals surface area (Å²) in [5, 5.41) is 10.1. The van der Waals surface area contributed by atoms with Crippen molar-refractivity contribution < 1.29 is 5.11 Å². The molecule has 0 aliphatic carbocycles. The van der Waals surface area contributed by atoms with E-state index in [4.69, 9.17) is 10.8 Å². The number of hydrogen-bond donors (Lipinski definition) is 2. The van der Waals surface area contributed by atoms with Gasteiger partial charge in [0.2, 0.25) is 5.95 Å². The average Bonchev–Trinajstić information content (AvgIpc) is 2.69. The Morgan fingerprint density at radius 1 is 1.42 bits per heavy atom. The number of hydrogen-bond acceptors (Lipinski definition) is 6. The van der Waals surface area contributed by atoms with Gasteiger partial charge in [-0.1, -0.05) is 0 Å². The minimum Gasteiger partial charge on any atom is -0.396 e. The van der Waals surface area contributed by atoms with Gasteiger partial charge in [0.05, 0.1) is 5.39 Å². The first-order valence-corrected chi connectivity index (χ1v) is 7.25. The highest BCUT2D eigenvalue weighted by atomic mass is 32.1. The number of anilines is 2. The summed E-state index contributed by atoms with van der Waals surface area (Å²) < 4.78 is 0. The Morgan fingerprint density at radius 3 is 2.79 bits per heavy atom. The van der Waals surface area contributed by atoms with Crippen LogP contribution in [0, 0.1) is 6.92 Å². The van der Waals surface area contributed by atoms with E-state index in [-0.39, 0.29) is 6.61 Å². The summed E-state index contributed by atoms with van der Waals surface area (Å²) in [6, 6.07) is 2.40. The first kappa shape index (κ1) is 14.0. The molecule has 0 aromatic carbocycles. The summed E-state index contributed by atoms with van der Waals surface area (Å²) in [5.41, 5.74) is 5.81. The van der Waals surface area contributed by atoms with Crippen LogP contribution in [0.2, 0.25) is 0 Å². The molecule has 2 rings (SSSR count). The van der Waals surface area contributed by atoms with Crippen molar-refractivity contribution in [1.29, 1.82) is 0 Å². The Kier molecular flexibility index (Phi) is 4.21. The van der Waals surface area contributed by atoms with Gasteiger partial charge in [-0.15, -0.1) is 11.3 Å². The van der Waals surface area contributed by atoms with Crippen molar-refractivity contribution in [3.63, 3.8) is 0 Å². The van der Waals surface area contributed by atoms with Gasteiger partial charge in [0.15, 0.2) is 0 Å². The fourth-order valence-corrected chi connectivity index (χ4v) is 2.99. The molecular weight excluding hydrogens is 260 g/mol.